The van der Waals surface area contributed by atoms with E-state index in [0.717, 1.165) is 46.6 Å². The third-order valence-corrected chi connectivity index (χ3v) is 9.69. The second kappa shape index (κ2) is 9.08. The Morgan fingerprint density at radius 1 is 1.00 bits per heavy atom. The first kappa shape index (κ1) is 22.6. The lowest BCUT2D eigenvalue weighted by atomic mass is 9.77. The van der Waals surface area contributed by atoms with E-state index in [9.17, 15) is 0 Å². The Balaban J connectivity index is 1.26. The standard InChI is InChI=1S/C28H32FN5OS/c29-21-3-4-22-20(5-10-30-22)24(21)26-31-23-17-19(18-33-11-8-28(9-12-33)6-1-2-7-28)36-25(23)27(32-26)34-13-15-35-16-14-34/h3-5,10,17,30H,1-2,6-9,11-16,18H2. The average Bonchev–Trinajstić information content (AvgIpc) is 3.65. The minimum Gasteiger partial charge on any atom is -0.378 e. The molecule has 1 aromatic carbocycles. The number of ether oxygens (including phenoxy) is 1. The molecule has 0 amide bonds. The third kappa shape index (κ3) is 3.99. The molecule has 0 bridgehead atoms. The van der Waals surface area contributed by atoms with Crippen molar-refractivity contribution in [1.29, 1.82) is 0 Å². The van der Waals surface area contributed by atoms with E-state index < -0.39 is 0 Å². The van der Waals surface area contributed by atoms with Gasteiger partial charge in [0, 0.05) is 41.6 Å². The Kier molecular flexibility index (Phi) is 5.71. The maximum Gasteiger partial charge on any atom is 0.165 e. The predicted molar refractivity (Wildman–Crippen MR) is 143 cm³/mol. The molecule has 188 valence electrons. The number of hydrogen-bond donors (Lipinski definition) is 1. The average molecular weight is 506 g/mol. The molecule has 1 spiro atoms. The van der Waals surface area contributed by atoms with Crippen molar-refractivity contribution in [2.45, 2.75) is 45.1 Å². The number of rotatable bonds is 4. The first-order valence-corrected chi connectivity index (χ1v) is 14.1. The number of nitrogens with zero attached hydrogens (tertiary/aromatic N) is 4. The van der Waals surface area contributed by atoms with Crippen LogP contribution in [0.4, 0.5) is 10.2 Å². The number of nitrogens with one attached hydrogen (secondary N) is 1. The summed E-state index contributed by atoms with van der Waals surface area (Å²) in [6.45, 7) is 6.24. The Bertz CT molecular complexity index is 1390. The van der Waals surface area contributed by atoms with E-state index in [0.29, 0.717) is 30.0 Å². The van der Waals surface area contributed by atoms with Gasteiger partial charge in [0.1, 0.15) is 5.82 Å². The quantitative estimate of drug-likeness (QED) is 0.370. The number of morpholine rings is 1. The van der Waals surface area contributed by atoms with Gasteiger partial charge in [-0.2, -0.15) is 0 Å². The van der Waals surface area contributed by atoms with E-state index >= 15 is 4.39 Å². The fourth-order valence-corrected chi connectivity index (χ4v) is 7.66. The van der Waals surface area contributed by atoms with Crippen molar-refractivity contribution in [3.8, 4) is 11.4 Å². The van der Waals surface area contributed by atoms with Crippen molar-refractivity contribution < 1.29 is 9.13 Å². The van der Waals surface area contributed by atoms with E-state index in [1.165, 1.54) is 62.6 Å². The molecule has 3 aromatic heterocycles. The first-order chi connectivity index (χ1) is 17.7. The summed E-state index contributed by atoms with van der Waals surface area (Å²) in [5, 5.41) is 0.812. The van der Waals surface area contributed by atoms with E-state index in [4.69, 9.17) is 14.7 Å². The smallest absolute Gasteiger partial charge is 0.165 e. The van der Waals surface area contributed by atoms with Crippen molar-refractivity contribution in [1.82, 2.24) is 19.9 Å². The molecule has 8 heteroatoms. The van der Waals surface area contributed by atoms with Crippen molar-refractivity contribution in [3.05, 3.63) is 41.2 Å². The number of aromatic nitrogens is 3. The second-order valence-electron chi connectivity index (χ2n) is 10.7. The van der Waals surface area contributed by atoms with Crippen LogP contribution in [0.2, 0.25) is 0 Å². The minimum absolute atomic E-state index is 0.293. The van der Waals surface area contributed by atoms with Gasteiger partial charge in [-0.25, -0.2) is 14.4 Å². The number of benzene rings is 1. The summed E-state index contributed by atoms with van der Waals surface area (Å²) in [7, 11) is 0. The van der Waals surface area contributed by atoms with Gasteiger partial charge in [-0.15, -0.1) is 11.3 Å². The molecule has 3 fully saturated rings. The van der Waals surface area contributed by atoms with E-state index in [2.05, 4.69) is 20.9 Å². The molecule has 1 aliphatic carbocycles. The zero-order valence-corrected chi connectivity index (χ0v) is 21.4. The van der Waals surface area contributed by atoms with Crippen molar-refractivity contribution in [2.75, 3.05) is 44.3 Å². The normalized spacial score (nSPS) is 20.8. The number of likely N-dealkylation sites (tertiary alicyclic amines) is 1. The lowest BCUT2D eigenvalue weighted by Crippen LogP contribution is -2.38. The Labute approximate surface area is 214 Å². The third-order valence-electron chi connectivity index (χ3n) is 8.58. The zero-order valence-electron chi connectivity index (χ0n) is 20.6. The minimum atomic E-state index is -0.293. The molecule has 0 unspecified atom stereocenters. The summed E-state index contributed by atoms with van der Waals surface area (Å²) in [6, 6.07) is 7.39. The molecule has 1 saturated carbocycles. The van der Waals surface area contributed by atoms with Gasteiger partial charge in [0.05, 0.1) is 29.0 Å². The van der Waals surface area contributed by atoms with Gasteiger partial charge < -0.3 is 14.6 Å². The van der Waals surface area contributed by atoms with Gasteiger partial charge in [0.25, 0.3) is 0 Å². The highest BCUT2D eigenvalue weighted by atomic mass is 32.1. The van der Waals surface area contributed by atoms with Crippen LogP contribution in [0.25, 0.3) is 32.5 Å². The van der Waals surface area contributed by atoms with Crippen LogP contribution in [0.15, 0.2) is 30.5 Å². The lowest BCUT2D eigenvalue weighted by Gasteiger charge is -2.39. The molecule has 0 radical (unpaired) electrons. The van der Waals surface area contributed by atoms with Crippen molar-refractivity contribution >= 4 is 38.3 Å². The Morgan fingerprint density at radius 3 is 2.61 bits per heavy atom. The van der Waals surface area contributed by atoms with Crippen LogP contribution in [0.1, 0.15) is 43.4 Å². The highest BCUT2D eigenvalue weighted by Gasteiger charge is 2.37. The van der Waals surface area contributed by atoms with Gasteiger partial charge in [0.15, 0.2) is 11.6 Å². The highest BCUT2D eigenvalue weighted by Crippen LogP contribution is 2.46. The Morgan fingerprint density at radius 2 is 1.81 bits per heavy atom. The summed E-state index contributed by atoms with van der Waals surface area (Å²) in [5.74, 6) is 1.07. The molecule has 5 heterocycles. The summed E-state index contributed by atoms with van der Waals surface area (Å²) in [4.78, 5) is 19.3. The largest absolute Gasteiger partial charge is 0.378 e. The number of halogens is 1. The predicted octanol–water partition coefficient (Wildman–Crippen LogP) is 5.97. The number of anilines is 1. The number of H-pyrrole nitrogens is 1. The van der Waals surface area contributed by atoms with Gasteiger partial charge in [0.2, 0.25) is 0 Å². The van der Waals surface area contributed by atoms with E-state index in [1.807, 2.05) is 12.3 Å². The zero-order chi connectivity index (χ0) is 24.1. The summed E-state index contributed by atoms with van der Waals surface area (Å²) in [5.41, 5.74) is 2.90. The van der Waals surface area contributed by atoms with Crippen LogP contribution < -0.4 is 4.90 Å². The highest BCUT2D eigenvalue weighted by molar-refractivity contribution is 7.19. The fourth-order valence-electron chi connectivity index (χ4n) is 6.51. The summed E-state index contributed by atoms with van der Waals surface area (Å²) in [6.07, 6.45) is 10.2. The molecule has 7 rings (SSSR count). The van der Waals surface area contributed by atoms with Crippen molar-refractivity contribution in [2.24, 2.45) is 5.41 Å². The first-order valence-electron chi connectivity index (χ1n) is 13.3. The van der Waals surface area contributed by atoms with Crippen LogP contribution in [-0.2, 0) is 11.3 Å². The molecule has 1 N–H and O–H groups in total. The molecule has 6 nitrogen and oxygen atoms in total. The number of aromatic amines is 1. The summed E-state index contributed by atoms with van der Waals surface area (Å²) < 4.78 is 21.9. The van der Waals surface area contributed by atoms with Gasteiger partial charge in [-0.3, -0.25) is 4.90 Å². The van der Waals surface area contributed by atoms with Crippen LogP contribution in [0.3, 0.4) is 0 Å². The van der Waals surface area contributed by atoms with Crippen LogP contribution in [0, 0.1) is 11.2 Å². The molecular formula is C28H32FN5OS. The molecule has 36 heavy (non-hydrogen) atoms. The van der Waals surface area contributed by atoms with E-state index in [-0.39, 0.29) is 5.82 Å². The number of thiophene rings is 1. The maximum atomic E-state index is 15.2. The molecule has 4 aromatic rings. The number of fused-ring (bicyclic) bond motifs is 2. The van der Waals surface area contributed by atoms with E-state index in [1.54, 1.807) is 17.4 Å². The van der Waals surface area contributed by atoms with Crippen LogP contribution in [-0.4, -0.2) is 59.2 Å². The number of piperidine rings is 1. The monoisotopic (exact) mass is 505 g/mol. The molecular weight excluding hydrogens is 473 g/mol. The van der Waals surface area contributed by atoms with Gasteiger partial charge in [-0.05, 0) is 68.5 Å². The van der Waals surface area contributed by atoms with Gasteiger partial charge >= 0.3 is 0 Å². The molecule has 2 aliphatic heterocycles. The Hall–Kier alpha value is -2.55. The summed E-state index contributed by atoms with van der Waals surface area (Å²) >= 11 is 1.80. The molecule has 0 atom stereocenters. The molecule has 3 aliphatic rings. The molecule has 2 saturated heterocycles. The topological polar surface area (TPSA) is 57.3 Å². The van der Waals surface area contributed by atoms with Crippen molar-refractivity contribution in [3.63, 3.8) is 0 Å². The van der Waals surface area contributed by atoms with Crippen LogP contribution in [0.5, 0.6) is 0 Å². The maximum absolute atomic E-state index is 15.2. The fraction of sp³-hybridized carbons (Fsp3) is 0.500. The lowest BCUT2D eigenvalue weighted by molar-refractivity contribution is 0.104. The second-order valence-corrected chi connectivity index (χ2v) is 11.9. The van der Waals surface area contributed by atoms with Crippen LogP contribution >= 0.6 is 11.3 Å². The number of hydrogen-bond acceptors (Lipinski definition) is 6. The SMILES string of the molecule is Fc1ccc2[nH]ccc2c1-c1nc(N2CCOCC2)c2sc(CN3CCC4(CCCC4)CC3)cc2n1. The van der Waals surface area contributed by atoms with Gasteiger partial charge in [-0.1, -0.05) is 12.8 Å².